The minimum atomic E-state index is -0.286. The van der Waals surface area contributed by atoms with E-state index in [0.717, 1.165) is 16.8 Å². The molecule has 1 amide bonds. The Kier molecular flexibility index (Phi) is 3.74. The van der Waals surface area contributed by atoms with Crippen LogP contribution >= 0.6 is 11.3 Å². The van der Waals surface area contributed by atoms with Crippen LogP contribution in [0.2, 0.25) is 0 Å². The van der Waals surface area contributed by atoms with Crippen LogP contribution in [0.4, 0.5) is 11.5 Å². The summed E-state index contributed by atoms with van der Waals surface area (Å²) in [6.45, 7) is 2.68. The number of hydrogen-bond acceptors (Lipinski definition) is 6. The summed E-state index contributed by atoms with van der Waals surface area (Å²) in [4.78, 5) is 24.6. The number of aromatic nitrogens is 3. The maximum absolute atomic E-state index is 12.2. The van der Waals surface area contributed by atoms with Crippen LogP contribution in [0.1, 0.15) is 17.4 Å². The molecule has 2 heterocycles. The molecule has 3 aromatic rings. The number of thiazole rings is 1. The standard InChI is InChI=1S/C14H13N5OS/c1-2-16-13-7-15-6-11(19-13)14(20)18-9-3-4-10-12(5-9)21-8-17-10/h3-8H,2H2,1H3,(H,16,19)(H,18,20). The fourth-order valence-corrected chi connectivity index (χ4v) is 2.59. The van der Waals surface area contributed by atoms with Gasteiger partial charge in [0.15, 0.2) is 0 Å². The van der Waals surface area contributed by atoms with Crippen LogP contribution in [0.3, 0.4) is 0 Å². The number of rotatable bonds is 4. The Morgan fingerprint density at radius 1 is 1.33 bits per heavy atom. The summed E-state index contributed by atoms with van der Waals surface area (Å²) >= 11 is 1.53. The van der Waals surface area contributed by atoms with E-state index in [1.165, 1.54) is 17.5 Å². The Bertz CT molecular complexity index is 786. The lowest BCUT2D eigenvalue weighted by atomic mass is 10.3. The summed E-state index contributed by atoms with van der Waals surface area (Å²) in [6.07, 6.45) is 3.03. The third-order valence-corrected chi connectivity index (χ3v) is 3.61. The zero-order valence-electron chi connectivity index (χ0n) is 11.3. The van der Waals surface area contributed by atoms with Gasteiger partial charge in [-0.15, -0.1) is 11.3 Å². The van der Waals surface area contributed by atoms with Gasteiger partial charge >= 0.3 is 0 Å². The lowest BCUT2D eigenvalue weighted by molar-refractivity contribution is 0.102. The average Bonchev–Trinajstić information content (AvgIpc) is 2.95. The molecule has 0 bridgehead atoms. The van der Waals surface area contributed by atoms with Gasteiger partial charge in [0.2, 0.25) is 0 Å². The highest BCUT2D eigenvalue weighted by Gasteiger charge is 2.10. The lowest BCUT2D eigenvalue weighted by Gasteiger charge is -2.06. The molecule has 3 rings (SSSR count). The molecule has 0 unspecified atom stereocenters. The molecular formula is C14H13N5OS. The van der Waals surface area contributed by atoms with Gasteiger partial charge in [0, 0.05) is 12.2 Å². The number of anilines is 2. The van der Waals surface area contributed by atoms with Crippen molar-refractivity contribution in [2.24, 2.45) is 0 Å². The van der Waals surface area contributed by atoms with E-state index in [4.69, 9.17) is 0 Å². The first-order valence-corrected chi connectivity index (χ1v) is 7.35. The smallest absolute Gasteiger partial charge is 0.275 e. The Morgan fingerprint density at radius 3 is 3.10 bits per heavy atom. The van der Waals surface area contributed by atoms with Gasteiger partial charge in [-0.25, -0.2) is 9.97 Å². The number of carbonyl (C=O) groups excluding carboxylic acids is 1. The Labute approximate surface area is 125 Å². The van der Waals surface area contributed by atoms with E-state index in [9.17, 15) is 4.79 Å². The lowest BCUT2D eigenvalue weighted by Crippen LogP contribution is -2.15. The maximum atomic E-state index is 12.2. The normalized spacial score (nSPS) is 10.5. The molecule has 6 nitrogen and oxygen atoms in total. The van der Waals surface area contributed by atoms with Crippen LogP contribution in [0.25, 0.3) is 10.2 Å². The number of benzene rings is 1. The average molecular weight is 299 g/mol. The molecule has 0 aliphatic carbocycles. The second-order valence-electron chi connectivity index (χ2n) is 4.31. The van der Waals surface area contributed by atoms with Crippen LogP contribution in [0, 0.1) is 0 Å². The molecule has 0 radical (unpaired) electrons. The van der Waals surface area contributed by atoms with Crippen molar-refractivity contribution in [3.8, 4) is 0 Å². The van der Waals surface area contributed by atoms with Crippen molar-refractivity contribution in [3.63, 3.8) is 0 Å². The van der Waals surface area contributed by atoms with Gasteiger partial charge in [0.05, 0.1) is 28.1 Å². The van der Waals surface area contributed by atoms with Gasteiger partial charge < -0.3 is 10.6 Å². The Morgan fingerprint density at radius 2 is 2.24 bits per heavy atom. The molecule has 0 fully saturated rings. The summed E-state index contributed by atoms with van der Waals surface area (Å²) in [6, 6.07) is 5.59. The van der Waals surface area contributed by atoms with E-state index in [1.807, 2.05) is 25.1 Å². The van der Waals surface area contributed by atoms with Crippen molar-refractivity contribution in [2.45, 2.75) is 6.92 Å². The van der Waals surface area contributed by atoms with Crippen molar-refractivity contribution in [3.05, 3.63) is 41.8 Å². The first kappa shape index (κ1) is 13.4. The van der Waals surface area contributed by atoms with Crippen molar-refractivity contribution in [1.29, 1.82) is 0 Å². The molecule has 2 N–H and O–H groups in total. The Hall–Kier alpha value is -2.54. The highest BCUT2D eigenvalue weighted by atomic mass is 32.1. The summed E-state index contributed by atoms with van der Waals surface area (Å²) in [7, 11) is 0. The zero-order valence-corrected chi connectivity index (χ0v) is 12.1. The van der Waals surface area contributed by atoms with E-state index in [-0.39, 0.29) is 11.6 Å². The van der Waals surface area contributed by atoms with Crippen LogP contribution in [0.5, 0.6) is 0 Å². The topological polar surface area (TPSA) is 79.8 Å². The van der Waals surface area contributed by atoms with Gasteiger partial charge in [-0.05, 0) is 25.1 Å². The fraction of sp³-hybridized carbons (Fsp3) is 0.143. The molecule has 0 saturated carbocycles. The van der Waals surface area contributed by atoms with Gasteiger partial charge in [-0.1, -0.05) is 0 Å². The molecule has 0 saturated heterocycles. The molecule has 0 aliphatic heterocycles. The molecule has 0 atom stereocenters. The fourth-order valence-electron chi connectivity index (χ4n) is 1.87. The van der Waals surface area contributed by atoms with Gasteiger partial charge in [-0.2, -0.15) is 0 Å². The van der Waals surface area contributed by atoms with Crippen molar-refractivity contribution in [1.82, 2.24) is 15.0 Å². The van der Waals surface area contributed by atoms with Crippen LogP contribution < -0.4 is 10.6 Å². The quantitative estimate of drug-likeness (QED) is 0.774. The number of nitrogens with one attached hydrogen (secondary N) is 2. The third kappa shape index (κ3) is 2.97. The monoisotopic (exact) mass is 299 g/mol. The number of nitrogens with zero attached hydrogens (tertiary/aromatic N) is 3. The second-order valence-corrected chi connectivity index (χ2v) is 5.20. The largest absolute Gasteiger partial charge is 0.369 e. The number of carbonyl (C=O) groups is 1. The molecule has 0 spiro atoms. The number of hydrogen-bond donors (Lipinski definition) is 2. The molecule has 0 aliphatic rings. The minimum Gasteiger partial charge on any atom is -0.369 e. The summed E-state index contributed by atoms with van der Waals surface area (Å²) in [5.41, 5.74) is 3.69. The second kappa shape index (κ2) is 5.84. The van der Waals surface area contributed by atoms with Gasteiger partial charge in [0.25, 0.3) is 5.91 Å². The number of fused-ring (bicyclic) bond motifs is 1. The molecular weight excluding hydrogens is 286 g/mol. The van der Waals surface area contributed by atoms with E-state index in [2.05, 4.69) is 25.6 Å². The van der Waals surface area contributed by atoms with Crippen LogP contribution in [-0.4, -0.2) is 27.4 Å². The highest BCUT2D eigenvalue weighted by molar-refractivity contribution is 7.16. The highest BCUT2D eigenvalue weighted by Crippen LogP contribution is 2.22. The van der Waals surface area contributed by atoms with E-state index >= 15 is 0 Å². The first-order chi connectivity index (χ1) is 10.3. The minimum absolute atomic E-state index is 0.276. The van der Waals surface area contributed by atoms with Crippen LogP contribution in [-0.2, 0) is 0 Å². The summed E-state index contributed by atoms with van der Waals surface area (Å²) in [5, 5.41) is 5.85. The SMILES string of the molecule is CCNc1cncc(C(=O)Nc2ccc3ncsc3c2)n1. The maximum Gasteiger partial charge on any atom is 0.275 e. The van der Waals surface area contributed by atoms with Crippen molar-refractivity contribution in [2.75, 3.05) is 17.2 Å². The Balaban J connectivity index is 1.80. The number of amides is 1. The van der Waals surface area contributed by atoms with E-state index in [0.29, 0.717) is 11.5 Å². The first-order valence-electron chi connectivity index (χ1n) is 6.47. The van der Waals surface area contributed by atoms with E-state index in [1.54, 1.807) is 11.7 Å². The summed E-state index contributed by atoms with van der Waals surface area (Å²) < 4.78 is 1.03. The molecule has 2 aromatic heterocycles. The van der Waals surface area contributed by atoms with Crippen molar-refractivity contribution >= 4 is 39.0 Å². The molecule has 106 valence electrons. The summed E-state index contributed by atoms with van der Waals surface area (Å²) in [5.74, 6) is 0.300. The van der Waals surface area contributed by atoms with Crippen molar-refractivity contribution < 1.29 is 4.79 Å². The molecule has 7 heteroatoms. The third-order valence-electron chi connectivity index (χ3n) is 2.81. The zero-order chi connectivity index (χ0) is 14.7. The predicted molar refractivity (Wildman–Crippen MR) is 83.8 cm³/mol. The van der Waals surface area contributed by atoms with Crippen LogP contribution in [0.15, 0.2) is 36.1 Å². The predicted octanol–water partition coefficient (Wildman–Crippen LogP) is 2.77. The molecule has 1 aromatic carbocycles. The van der Waals surface area contributed by atoms with E-state index < -0.39 is 0 Å². The van der Waals surface area contributed by atoms with Gasteiger partial charge in [-0.3, -0.25) is 9.78 Å². The van der Waals surface area contributed by atoms with Gasteiger partial charge in [0.1, 0.15) is 11.5 Å². The molecule has 21 heavy (non-hydrogen) atoms.